The Bertz CT molecular complexity index is 393. The van der Waals surface area contributed by atoms with Crippen LogP contribution in [0.3, 0.4) is 0 Å². The van der Waals surface area contributed by atoms with Gasteiger partial charge in [0.1, 0.15) is 0 Å². The van der Waals surface area contributed by atoms with Crippen molar-refractivity contribution in [3.63, 3.8) is 0 Å². The normalized spacial score (nSPS) is 17.2. The van der Waals surface area contributed by atoms with Crippen LogP contribution >= 0.6 is 0 Å². The first-order chi connectivity index (χ1) is 7.56. The molecule has 0 aromatic carbocycles. The molecular formula is C13H21N3. The molecule has 0 atom stereocenters. The maximum absolute atomic E-state index is 4.54. The van der Waals surface area contributed by atoms with Gasteiger partial charge >= 0.3 is 0 Å². The Morgan fingerprint density at radius 3 is 2.62 bits per heavy atom. The fourth-order valence-corrected chi connectivity index (χ4v) is 2.17. The lowest BCUT2D eigenvalue weighted by molar-refractivity contribution is 0.111. The van der Waals surface area contributed by atoms with E-state index in [0.29, 0.717) is 6.04 Å². The van der Waals surface area contributed by atoms with Gasteiger partial charge in [0, 0.05) is 25.3 Å². The molecule has 1 aliphatic rings. The van der Waals surface area contributed by atoms with Crippen LogP contribution in [0.2, 0.25) is 0 Å². The third-order valence-corrected chi connectivity index (χ3v) is 3.09. The van der Waals surface area contributed by atoms with Crippen molar-refractivity contribution in [2.75, 3.05) is 19.6 Å². The second kappa shape index (κ2) is 4.42. The van der Waals surface area contributed by atoms with Gasteiger partial charge in [-0.2, -0.15) is 5.10 Å². The molecule has 0 bridgehead atoms. The van der Waals surface area contributed by atoms with Gasteiger partial charge in [-0.25, -0.2) is 0 Å². The number of likely N-dealkylation sites (tertiary alicyclic amines) is 1. The van der Waals surface area contributed by atoms with Gasteiger partial charge in [0.25, 0.3) is 0 Å². The Hall–Kier alpha value is -1.09. The van der Waals surface area contributed by atoms with Crippen LogP contribution < -0.4 is 0 Å². The summed E-state index contributed by atoms with van der Waals surface area (Å²) in [5.74, 6) is 0. The lowest BCUT2D eigenvalue weighted by atomic mass is 10.1. The number of nitrogens with zero attached hydrogens (tertiary/aromatic N) is 3. The van der Waals surface area contributed by atoms with Gasteiger partial charge in [0.15, 0.2) is 0 Å². The van der Waals surface area contributed by atoms with Crippen LogP contribution in [-0.2, 0) is 0 Å². The predicted molar refractivity (Wildman–Crippen MR) is 66.6 cm³/mol. The van der Waals surface area contributed by atoms with E-state index < -0.39 is 0 Å². The van der Waals surface area contributed by atoms with Gasteiger partial charge in [0.2, 0.25) is 0 Å². The highest BCUT2D eigenvalue weighted by atomic mass is 15.4. The van der Waals surface area contributed by atoms with Crippen molar-refractivity contribution in [2.24, 2.45) is 0 Å². The van der Waals surface area contributed by atoms with Crippen molar-refractivity contribution in [2.45, 2.75) is 33.7 Å². The SMILES string of the molecule is CC(C)=CCN1CC(n2nc(C)cc2C)C1. The van der Waals surface area contributed by atoms with E-state index in [9.17, 15) is 0 Å². The number of allylic oxidation sites excluding steroid dienone is 1. The summed E-state index contributed by atoms with van der Waals surface area (Å²) in [6, 6.07) is 2.73. The molecule has 0 unspecified atom stereocenters. The fourth-order valence-electron chi connectivity index (χ4n) is 2.17. The number of aromatic nitrogens is 2. The zero-order chi connectivity index (χ0) is 11.7. The minimum Gasteiger partial charge on any atom is -0.295 e. The summed E-state index contributed by atoms with van der Waals surface area (Å²) in [6.07, 6.45) is 2.29. The average Bonchev–Trinajstić information content (AvgIpc) is 2.42. The molecule has 1 saturated heterocycles. The summed E-state index contributed by atoms with van der Waals surface area (Å²) < 4.78 is 2.17. The minimum absolute atomic E-state index is 0.583. The second-order valence-electron chi connectivity index (χ2n) is 5.03. The zero-order valence-electron chi connectivity index (χ0n) is 10.7. The molecule has 2 heterocycles. The molecule has 1 aromatic rings. The largest absolute Gasteiger partial charge is 0.295 e. The second-order valence-corrected chi connectivity index (χ2v) is 5.03. The Morgan fingerprint density at radius 2 is 2.12 bits per heavy atom. The summed E-state index contributed by atoms with van der Waals surface area (Å²) in [7, 11) is 0. The minimum atomic E-state index is 0.583. The van der Waals surface area contributed by atoms with Crippen LogP contribution in [0.25, 0.3) is 0 Å². The maximum Gasteiger partial charge on any atom is 0.0776 e. The molecule has 1 aliphatic heterocycles. The standard InChI is InChI=1S/C13H21N3/c1-10(2)5-6-15-8-13(9-15)16-12(4)7-11(3)14-16/h5,7,13H,6,8-9H2,1-4H3. The average molecular weight is 219 g/mol. The first-order valence-corrected chi connectivity index (χ1v) is 5.94. The Balaban J connectivity index is 1.89. The van der Waals surface area contributed by atoms with Gasteiger partial charge in [-0.3, -0.25) is 9.58 Å². The third kappa shape index (κ3) is 2.35. The molecule has 2 rings (SSSR count). The fraction of sp³-hybridized carbons (Fsp3) is 0.615. The number of hydrogen-bond acceptors (Lipinski definition) is 2. The van der Waals surface area contributed by atoms with E-state index in [2.05, 4.69) is 54.5 Å². The monoisotopic (exact) mass is 219 g/mol. The van der Waals surface area contributed by atoms with Crippen molar-refractivity contribution in [3.8, 4) is 0 Å². The molecule has 1 fully saturated rings. The van der Waals surface area contributed by atoms with E-state index in [1.165, 1.54) is 11.3 Å². The number of rotatable bonds is 3. The molecule has 1 aromatic heterocycles. The molecule has 0 spiro atoms. The lowest BCUT2D eigenvalue weighted by Crippen LogP contribution is -2.48. The number of hydrogen-bond donors (Lipinski definition) is 0. The smallest absolute Gasteiger partial charge is 0.0776 e. The predicted octanol–water partition coefficient (Wildman–Crippen LogP) is 2.32. The molecule has 0 saturated carbocycles. The van der Waals surface area contributed by atoms with Crippen LogP contribution in [0.1, 0.15) is 31.3 Å². The Labute approximate surface area is 97.8 Å². The van der Waals surface area contributed by atoms with Crippen LogP contribution in [0, 0.1) is 13.8 Å². The van der Waals surface area contributed by atoms with E-state index in [1.54, 1.807) is 0 Å². The van der Waals surface area contributed by atoms with E-state index in [0.717, 1.165) is 25.3 Å². The van der Waals surface area contributed by atoms with Crippen molar-refractivity contribution in [3.05, 3.63) is 29.1 Å². The summed E-state index contributed by atoms with van der Waals surface area (Å²) >= 11 is 0. The Kier molecular flexibility index (Phi) is 3.15. The molecule has 0 radical (unpaired) electrons. The van der Waals surface area contributed by atoms with E-state index in [4.69, 9.17) is 0 Å². The van der Waals surface area contributed by atoms with Gasteiger partial charge in [-0.1, -0.05) is 11.6 Å². The van der Waals surface area contributed by atoms with E-state index in [-0.39, 0.29) is 0 Å². The molecule has 88 valence electrons. The highest BCUT2D eigenvalue weighted by Crippen LogP contribution is 2.22. The van der Waals surface area contributed by atoms with Crippen LogP contribution in [-0.4, -0.2) is 34.3 Å². The van der Waals surface area contributed by atoms with Crippen molar-refractivity contribution < 1.29 is 0 Å². The first-order valence-electron chi connectivity index (χ1n) is 5.94. The van der Waals surface area contributed by atoms with Gasteiger partial charge in [-0.05, 0) is 33.8 Å². The van der Waals surface area contributed by atoms with Crippen LogP contribution in [0.15, 0.2) is 17.7 Å². The molecule has 3 nitrogen and oxygen atoms in total. The molecule has 3 heteroatoms. The Morgan fingerprint density at radius 1 is 1.44 bits per heavy atom. The topological polar surface area (TPSA) is 21.1 Å². The first kappa shape index (κ1) is 11.4. The van der Waals surface area contributed by atoms with E-state index >= 15 is 0 Å². The lowest BCUT2D eigenvalue weighted by Gasteiger charge is -2.39. The third-order valence-electron chi connectivity index (χ3n) is 3.09. The molecule has 0 aliphatic carbocycles. The summed E-state index contributed by atoms with van der Waals surface area (Å²) in [4.78, 5) is 2.45. The number of aryl methyl sites for hydroxylation is 2. The summed E-state index contributed by atoms with van der Waals surface area (Å²) in [5, 5.41) is 4.54. The summed E-state index contributed by atoms with van der Waals surface area (Å²) in [5.41, 5.74) is 3.80. The quantitative estimate of drug-likeness (QED) is 0.727. The van der Waals surface area contributed by atoms with Crippen LogP contribution in [0.4, 0.5) is 0 Å². The molecule has 0 N–H and O–H groups in total. The molecule has 16 heavy (non-hydrogen) atoms. The van der Waals surface area contributed by atoms with Crippen molar-refractivity contribution in [1.29, 1.82) is 0 Å². The maximum atomic E-state index is 4.54. The van der Waals surface area contributed by atoms with Crippen LogP contribution in [0.5, 0.6) is 0 Å². The molecule has 0 amide bonds. The van der Waals surface area contributed by atoms with Gasteiger partial charge < -0.3 is 0 Å². The summed E-state index contributed by atoms with van der Waals surface area (Å²) in [6.45, 7) is 11.8. The van der Waals surface area contributed by atoms with E-state index in [1.807, 2.05) is 0 Å². The van der Waals surface area contributed by atoms with Gasteiger partial charge in [-0.15, -0.1) is 0 Å². The zero-order valence-corrected chi connectivity index (χ0v) is 10.7. The molecular weight excluding hydrogens is 198 g/mol. The van der Waals surface area contributed by atoms with Gasteiger partial charge in [0.05, 0.1) is 11.7 Å². The van der Waals surface area contributed by atoms with Crippen molar-refractivity contribution >= 4 is 0 Å². The highest BCUT2D eigenvalue weighted by Gasteiger charge is 2.28. The van der Waals surface area contributed by atoms with Crippen molar-refractivity contribution in [1.82, 2.24) is 14.7 Å². The highest BCUT2D eigenvalue weighted by molar-refractivity contribution is 5.09.